The molecule has 0 radical (unpaired) electrons. The molecule has 3 rings (SSSR count). The lowest BCUT2D eigenvalue weighted by Crippen LogP contribution is -2.20. The molecule has 2 aromatic heterocycles. The number of thiazole rings is 2. The first-order valence-electron chi connectivity index (χ1n) is 8.78. The van der Waals surface area contributed by atoms with Crippen LogP contribution in [0.2, 0.25) is 0 Å². The molecule has 0 saturated heterocycles. The van der Waals surface area contributed by atoms with E-state index in [4.69, 9.17) is 4.74 Å². The highest BCUT2D eigenvalue weighted by atomic mass is 32.2. The van der Waals surface area contributed by atoms with Gasteiger partial charge in [-0.3, -0.25) is 9.59 Å². The van der Waals surface area contributed by atoms with Crippen molar-refractivity contribution < 1.29 is 18.7 Å². The van der Waals surface area contributed by atoms with Crippen LogP contribution in [0.4, 0.5) is 9.52 Å². The Hall–Kier alpha value is -2.08. The number of amides is 2. The molecular weight excluding hydrogens is 435 g/mol. The van der Waals surface area contributed by atoms with Crippen molar-refractivity contribution in [3.8, 4) is 0 Å². The molecular formula is C18H19FN4O3S3. The zero-order valence-electron chi connectivity index (χ0n) is 15.6. The number of carbonyl (C=O) groups excluding carboxylic acids is 2. The summed E-state index contributed by atoms with van der Waals surface area (Å²) in [5, 5.41) is 4.95. The van der Waals surface area contributed by atoms with Gasteiger partial charge in [-0.2, -0.15) is 4.99 Å². The Morgan fingerprint density at radius 2 is 2.24 bits per heavy atom. The van der Waals surface area contributed by atoms with E-state index in [1.54, 1.807) is 17.6 Å². The highest BCUT2D eigenvalue weighted by molar-refractivity contribution is 8.00. The van der Waals surface area contributed by atoms with E-state index in [0.717, 1.165) is 5.52 Å². The zero-order valence-corrected chi connectivity index (χ0v) is 18.0. The fourth-order valence-corrected chi connectivity index (χ4v) is 4.70. The number of hydrogen-bond donors (Lipinski definition) is 1. The second-order valence-corrected chi connectivity index (χ2v) is 8.62. The smallest absolute Gasteiger partial charge is 0.258 e. The topological polar surface area (TPSA) is 85.6 Å². The van der Waals surface area contributed by atoms with Crippen LogP contribution in [0.15, 0.2) is 34.8 Å². The standard InChI is InChI=1S/C18H19FN4O3S3/c1-2-26-7-6-23-13-4-3-12(19)9-14(13)29-18(23)22-16(25)11-27-10-15(24)21-17-20-5-8-28-17/h3-5,8-9H,2,6-7,10-11H2,1H3,(H,20,21,24). The molecule has 1 aromatic carbocycles. The minimum Gasteiger partial charge on any atom is -0.380 e. The van der Waals surface area contributed by atoms with Crippen LogP contribution < -0.4 is 10.1 Å². The van der Waals surface area contributed by atoms with Crippen molar-refractivity contribution in [2.24, 2.45) is 4.99 Å². The fraction of sp³-hybridized carbons (Fsp3) is 0.333. The predicted molar refractivity (Wildman–Crippen MR) is 115 cm³/mol. The van der Waals surface area contributed by atoms with Crippen molar-refractivity contribution in [3.05, 3.63) is 40.4 Å². The number of fused-ring (bicyclic) bond motifs is 1. The monoisotopic (exact) mass is 454 g/mol. The van der Waals surface area contributed by atoms with Crippen molar-refractivity contribution in [1.29, 1.82) is 0 Å². The molecule has 29 heavy (non-hydrogen) atoms. The van der Waals surface area contributed by atoms with E-state index in [1.165, 1.54) is 46.6 Å². The summed E-state index contributed by atoms with van der Waals surface area (Å²) in [6.07, 6.45) is 1.60. The third kappa shape index (κ3) is 6.20. The number of hydrogen-bond acceptors (Lipinski definition) is 7. The zero-order chi connectivity index (χ0) is 20.6. The second-order valence-electron chi connectivity index (χ2n) is 5.73. The molecule has 0 atom stereocenters. The van der Waals surface area contributed by atoms with Gasteiger partial charge >= 0.3 is 0 Å². The summed E-state index contributed by atoms with van der Waals surface area (Å²) in [6, 6.07) is 4.49. The van der Waals surface area contributed by atoms with Crippen LogP contribution in [0, 0.1) is 5.82 Å². The van der Waals surface area contributed by atoms with Crippen molar-refractivity contribution >= 4 is 61.6 Å². The fourth-order valence-electron chi connectivity index (χ4n) is 2.46. The Labute approximate surface area is 178 Å². The summed E-state index contributed by atoms with van der Waals surface area (Å²) in [6.45, 7) is 3.46. The highest BCUT2D eigenvalue weighted by Crippen LogP contribution is 2.19. The molecule has 0 aliphatic rings. The Kier molecular flexibility index (Phi) is 7.92. The van der Waals surface area contributed by atoms with E-state index in [-0.39, 0.29) is 29.1 Å². The SMILES string of the molecule is CCOCCn1c(=NC(=O)CSCC(=O)Nc2nccs2)sc2cc(F)ccc21. The van der Waals surface area contributed by atoms with Gasteiger partial charge in [-0.1, -0.05) is 11.3 Å². The maximum atomic E-state index is 13.6. The Bertz CT molecular complexity index is 1050. The molecule has 2 heterocycles. The van der Waals surface area contributed by atoms with Gasteiger partial charge in [-0.05, 0) is 25.1 Å². The lowest BCUT2D eigenvalue weighted by Gasteiger charge is -2.05. The largest absolute Gasteiger partial charge is 0.380 e. The number of anilines is 1. The van der Waals surface area contributed by atoms with Gasteiger partial charge in [0, 0.05) is 24.7 Å². The average Bonchev–Trinajstić information content (AvgIpc) is 3.29. The maximum absolute atomic E-state index is 13.6. The third-order valence-electron chi connectivity index (χ3n) is 3.67. The summed E-state index contributed by atoms with van der Waals surface area (Å²) in [5.41, 5.74) is 0.804. The van der Waals surface area contributed by atoms with Crippen LogP contribution in [-0.4, -0.2) is 46.1 Å². The normalized spacial score (nSPS) is 11.9. The van der Waals surface area contributed by atoms with Crippen LogP contribution in [0.5, 0.6) is 0 Å². The van der Waals surface area contributed by atoms with Crippen molar-refractivity contribution in [2.75, 3.05) is 30.0 Å². The Balaban J connectivity index is 1.66. The van der Waals surface area contributed by atoms with Crippen molar-refractivity contribution in [3.63, 3.8) is 0 Å². The first-order valence-corrected chi connectivity index (χ1v) is 11.6. The lowest BCUT2D eigenvalue weighted by molar-refractivity contribution is -0.115. The number of thioether (sulfide) groups is 1. The van der Waals surface area contributed by atoms with Crippen molar-refractivity contribution in [2.45, 2.75) is 13.5 Å². The molecule has 0 aliphatic carbocycles. The van der Waals surface area contributed by atoms with E-state index < -0.39 is 0 Å². The molecule has 0 bridgehead atoms. The molecule has 1 N–H and O–H groups in total. The van der Waals surface area contributed by atoms with E-state index in [0.29, 0.717) is 34.4 Å². The number of aromatic nitrogens is 2. The molecule has 0 saturated carbocycles. The number of ether oxygens (including phenoxy) is 1. The third-order valence-corrected chi connectivity index (χ3v) is 6.31. The van der Waals surface area contributed by atoms with Crippen LogP contribution in [0.25, 0.3) is 10.2 Å². The minimum atomic E-state index is -0.353. The van der Waals surface area contributed by atoms with Gasteiger partial charge in [0.2, 0.25) is 5.91 Å². The van der Waals surface area contributed by atoms with Crippen molar-refractivity contribution in [1.82, 2.24) is 9.55 Å². The van der Waals surface area contributed by atoms with Gasteiger partial charge in [-0.15, -0.1) is 23.1 Å². The maximum Gasteiger partial charge on any atom is 0.258 e. The number of halogens is 1. The first kappa shape index (κ1) is 21.6. The van der Waals surface area contributed by atoms with Crippen LogP contribution in [0.1, 0.15) is 6.92 Å². The summed E-state index contributed by atoms with van der Waals surface area (Å²) in [7, 11) is 0. The number of nitrogens with zero attached hydrogens (tertiary/aromatic N) is 3. The van der Waals surface area contributed by atoms with Gasteiger partial charge in [0.1, 0.15) is 5.82 Å². The average molecular weight is 455 g/mol. The van der Waals surface area contributed by atoms with Crippen LogP contribution in [-0.2, 0) is 20.9 Å². The molecule has 154 valence electrons. The molecule has 2 amide bonds. The van der Waals surface area contributed by atoms with E-state index in [9.17, 15) is 14.0 Å². The number of nitrogens with one attached hydrogen (secondary N) is 1. The van der Waals surface area contributed by atoms with Gasteiger partial charge in [0.25, 0.3) is 5.91 Å². The predicted octanol–water partition coefficient (Wildman–Crippen LogP) is 3.13. The van der Waals surface area contributed by atoms with Gasteiger partial charge in [0.15, 0.2) is 9.93 Å². The molecule has 0 spiro atoms. The molecule has 11 heteroatoms. The Morgan fingerprint density at radius 3 is 3.00 bits per heavy atom. The summed E-state index contributed by atoms with van der Waals surface area (Å²) >= 11 is 3.76. The highest BCUT2D eigenvalue weighted by Gasteiger charge is 2.10. The minimum absolute atomic E-state index is 0.0688. The van der Waals surface area contributed by atoms with E-state index in [2.05, 4.69) is 15.3 Å². The van der Waals surface area contributed by atoms with Crippen LogP contribution in [0.3, 0.4) is 0 Å². The number of rotatable bonds is 9. The number of benzene rings is 1. The molecule has 0 unspecified atom stereocenters. The Morgan fingerprint density at radius 1 is 1.38 bits per heavy atom. The lowest BCUT2D eigenvalue weighted by atomic mass is 10.3. The molecule has 3 aromatic rings. The number of carbonyl (C=O) groups is 2. The van der Waals surface area contributed by atoms with Gasteiger partial charge in [-0.25, -0.2) is 9.37 Å². The summed E-state index contributed by atoms with van der Waals surface area (Å²) in [4.78, 5) is 32.8. The van der Waals surface area contributed by atoms with E-state index >= 15 is 0 Å². The van der Waals surface area contributed by atoms with Crippen LogP contribution >= 0.6 is 34.4 Å². The quantitative estimate of drug-likeness (QED) is 0.502. The second kappa shape index (κ2) is 10.6. The molecule has 7 nitrogen and oxygen atoms in total. The molecule has 0 aliphatic heterocycles. The summed E-state index contributed by atoms with van der Waals surface area (Å²) < 4.78 is 21.5. The first-order chi connectivity index (χ1) is 14.1. The van der Waals surface area contributed by atoms with Gasteiger partial charge < -0.3 is 14.6 Å². The molecule has 0 fully saturated rings. The summed E-state index contributed by atoms with van der Waals surface area (Å²) in [5.74, 6) is -0.714. The van der Waals surface area contributed by atoms with E-state index in [1.807, 2.05) is 11.5 Å². The van der Waals surface area contributed by atoms with Gasteiger partial charge in [0.05, 0.1) is 28.3 Å².